The predicted octanol–water partition coefficient (Wildman–Crippen LogP) is 4.04. The van der Waals surface area contributed by atoms with E-state index in [1.807, 2.05) is 44.4 Å². The Kier molecular flexibility index (Phi) is 5.64. The summed E-state index contributed by atoms with van der Waals surface area (Å²) in [7, 11) is 4.05. The van der Waals surface area contributed by atoms with Gasteiger partial charge in [0.05, 0.1) is 0 Å². The second-order valence-corrected chi connectivity index (χ2v) is 5.31. The molecule has 0 spiro atoms. The molecule has 1 N–H and O–H groups in total. The number of benzene rings is 2. The molecule has 0 unspecified atom stereocenters. The zero-order valence-electron chi connectivity index (χ0n) is 13.1. The van der Waals surface area contributed by atoms with Crippen molar-refractivity contribution >= 4 is 5.69 Å². The molecule has 2 aromatic carbocycles. The van der Waals surface area contributed by atoms with E-state index in [0.29, 0.717) is 0 Å². The highest BCUT2D eigenvalue weighted by Crippen LogP contribution is 2.25. The molecule has 0 aliphatic heterocycles. The van der Waals surface area contributed by atoms with Crippen molar-refractivity contribution in [1.29, 1.82) is 0 Å². The van der Waals surface area contributed by atoms with E-state index in [-0.39, 0.29) is 0 Å². The van der Waals surface area contributed by atoms with Crippen LogP contribution in [0.3, 0.4) is 0 Å². The summed E-state index contributed by atoms with van der Waals surface area (Å²) in [5.41, 5.74) is 2.41. The van der Waals surface area contributed by atoms with Gasteiger partial charge in [-0.25, -0.2) is 0 Å². The molecular weight excluding hydrogens is 260 g/mol. The second kappa shape index (κ2) is 7.70. The van der Waals surface area contributed by atoms with Gasteiger partial charge in [0, 0.05) is 32.4 Å². The van der Waals surface area contributed by atoms with Gasteiger partial charge in [0.15, 0.2) is 0 Å². The van der Waals surface area contributed by atoms with Crippen LogP contribution in [0.4, 0.5) is 5.69 Å². The molecule has 0 fully saturated rings. The molecule has 3 nitrogen and oxygen atoms in total. The van der Waals surface area contributed by atoms with Crippen molar-refractivity contribution in [3.8, 4) is 11.5 Å². The van der Waals surface area contributed by atoms with Crippen LogP contribution < -0.4 is 15.0 Å². The van der Waals surface area contributed by atoms with E-state index >= 15 is 0 Å². The Morgan fingerprint density at radius 3 is 2.43 bits per heavy atom. The summed E-state index contributed by atoms with van der Waals surface area (Å²) in [6, 6.07) is 16.3. The van der Waals surface area contributed by atoms with E-state index in [9.17, 15) is 0 Å². The maximum atomic E-state index is 5.90. The molecule has 21 heavy (non-hydrogen) atoms. The Labute approximate surface area is 127 Å². The summed E-state index contributed by atoms with van der Waals surface area (Å²) in [4.78, 5) is 2.06. The van der Waals surface area contributed by atoms with Crippen molar-refractivity contribution in [1.82, 2.24) is 5.32 Å². The monoisotopic (exact) mass is 284 g/mol. The van der Waals surface area contributed by atoms with E-state index in [1.54, 1.807) is 0 Å². The highest BCUT2D eigenvalue weighted by atomic mass is 16.5. The minimum Gasteiger partial charge on any atom is -0.457 e. The smallest absolute Gasteiger partial charge is 0.129 e. The van der Waals surface area contributed by atoms with Gasteiger partial charge >= 0.3 is 0 Å². The molecule has 2 aromatic rings. The fraction of sp³-hybridized carbons (Fsp3) is 0.333. The average Bonchev–Trinajstić information content (AvgIpc) is 2.49. The van der Waals surface area contributed by atoms with Crippen LogP contribution in [0.2, 0.25) is 0 Å². The molecule has 0 radical (unpaired) electrons. The van der Waals surface area contributed by atoms with Crippen molar-refractivity contribution in [2.24, 2.45) is 0 Å². The van der Waals surface area contributed by atoms with Gasteiger partial charge in [-0.2, -0.15) is 0 Å². The number of hydrogen-bond acceptors (Lipinski definition) is 3. The van der Waals surface area contributed by atoms with E-state index in [1.165, 1.54) is 5.56 Å². The lowest BCUT2D eigenvalue weighted by atomic mass is 10.2. The van der Waals surface area contributed by atoms with Gasteiger partial charge in [-0.3, -0.25) is 0 Å². The topological polar surface area (TPSA) is 24.5 Å². The predicted molar refractivity (Wildman–Crippen MR) is 89.3 cm³/mol. The number of ether oxygens (including phenoxy) is 1. The fourth-order valence-electron chi connectivity index (χ4n) is 2.05. The molecular formula is C18H24N2O. The average molecular weight is 284 g/mol. The lowest BCUT2D eigenvalue weighted by Gasteiger charge is -2.14. The molecule has 112 valence electrons. The first-order valence-corrected chi connectivity index (χ1v) is 7.44. The third-order valence-electron chi connectivity index (χ3n) is 3.25. The van der Waals surface area contributed by atoms with Crippen LogP contribution in [0.5, 0.6) is 11.5 Å². The summed E-state index contributed by atoms with van der Waals surface area (Å²) >= 11 is 0. The van der Waals surface area contributed by atoms with Crippen molar-refractivity contribution in [2.75, 3.05) is 25.5 Å². The van der Waals surface area contributed by atoms with Gasteiger partial charge in [-0.05, 0) is 42.8 Å². The normalized spacial score (nSPS) is 10.4. The SMILES string of the molecule is CCCNCc1ccc(Oc2cccc(N(C)C)c2)cc1. The summed E-state index contributed by atoms with van der Waals surface area (Å²) in [5.74, 6) is 1.73. The number of anilines is 1. The highest BCUT2D eigenvalue weighted by Gasteiger charge is 2.01. The Bertz CT molecular complexity index is 549. The van der Waals surface area contributed by atoms with Crippen LogP contribution in [0.25, 0.3) is 0 Å². The third kappa shape index (κ3) is 4.80. The lowest BCUT2D eigenvalue weighted by molar-refractivity contribution is 0.482. The van der Waals surface area contributed by atoms with Crippen LogP contribution in [0, 0.1) is 0 Å². The van der Waals surface area contributed by atoms with Gasteiger partial charge in [0.2, 0.25) is 0 Å². The third-order valence-corrected chi connectivity index (χ3v) is 3.25. The second-order valence-electron chi connectivity index (χ2n) is 5.31. The highest BCUT2D eigenvalue weighted by molar-refractivity contribution is 5.50. The number of nitrogens with one attached hydrogen (secondary N) is 1. The molecule has 0 amide bonds. The molecule has 0 aliphatic carbocycles. The summed E-state index contributed by atoms with van der Waals surface area (Å²) < 4.78 is 5.90. The maximum absolute atomic E-state index is 5.90. The van der Waals surface area contributed by atoms with Gasteiger partial charge < -0.3 is 15.0 Å². The van der Waals surface area contributed by atoms with E-state index < -0.39 is 0 Å². The van der Waals surface area contributed by atoms with Crippen molar-refractivity contribution in [2.45, 2.75) is 19.9 Å². The van der Waals surface area contributed by atoms with Crippen LogP contribution in [0.1, 0.15) is 18.9 Å². The molecule has 0 aliphatic rings. The summed E-state index contributed by atoms with van der Waals surface area (Å²) in [6.45, 7) is 4.13. The van der Waals surface area contributed by atoms with Gasteiger partial charge in [-0.15, -0.1) is 0 Å². The Morgan fingerprint density at radius 1 is 1.00 bits per heavy atom. The Hall–Kier alpha value is -2.00. The first-order valence-electron chi connectivity index (χ1n) is 7.44. The zero-order valence-corrected chi connectivity index (χ0v) is 13.1. The molecule has 0 aromatic heterocycles. The number of hydrogen-bond donors (Lipinski definition) is 1. The molecule has 0 saturated carbocycles. The van der Waals surface area contributed by atoms with Crippen LogP contribution >= 0.6 is 0 Å². The fourth-order valence-corrected chi connectivity index (χ4v) is 2.05. The Balaban J connectivity index is 1.98. The van der Waals surface area contributed by atoms with E-state index in [2.05, 4.69) is 35.3 Å². The number of nitrogens with zero attached hydrogens (tertiary/aromatic N) is 1. The molecule has 0 saturated heterocycles. The number of rotatable bonds is 7. The van der Waals surface area contributed by atoms with Crippen molar-refractivity contribution < 1.29 is 4.74 Å². The van der Waals surface area contributed by atoms with Crippen molar-refractivity contribution in [3.63, 3.8) is 0 Å². The standard InChI is InChI=1S/C18H24N2O/c1-4-12-19-14-15-8-10-17(11-9-15)21-18-7-5-6-16(13-18)20(2)3/h5-11,13,19H,4,12,14H2,1-3H3. The molecule has 2 rings (SSSR count). The van der Waals surface area contributed by atoms with Crippen LogP contribution in [-0.4, -0.2) is 20.6 Å². The van der Waals surface area contributed by atoms with Crippen LogP contribution in [-0.2, 0) is 6.54 Å². The minimum absolute atomic E-state index is 0.859. The van der Waals surface area contributed by atoms with E-state index in [0.717, 1.165) is 36.7 Å². The van der Waals surface area contributed by atoms with Gasteiger partial charge in [0.25, 0.3) is 0 Å². The van der Waals surface area contributed by atoms with Gasteiger partial charge in [-0.1, -0.05) is 25.1 Å². The quantitative estimate of drug-likeness (QED) is 0.776. The zero-order chi connectivity index (χ0) is 15.1. The van der Waals surface area contributed by atoms with E-state index in [4.69, 9.17) is 4.74 Å². The lowest BCUT2D eigenvalue weighted by Crippen LogP contribution is -2.13. The summed E-state index contributed by atoms with van der Waals surface area (Å²) in [6.07, 6.45) is 1.16. The largest absolute Gasteiger partial charge is 0.457 e. The molecule has 0 heterocycles. The maximum Gasteiger partial charge on any atom is 0.129 e. The molecule has 3 heteroatoms. The Morgan fingerprint density at radius 2 is 1.76 bits per heavy atom. The van der Waals surface area contributed by atoms with Crippen molar-refractivity contribution in [3.05, 3.63) is 54.1 Å². The molecule has 0 bridgehead atoms. The summed E-state index contributed by atoms with van der Waals surface area (Å²) in [5, 5.41) is 3.39. The van der Waals surface area contributed by atoms with Crippen LogP contribution in [0.15, 0.2) is 48.5 Å². The first kappa shape index (κ1) is 15.4. The van der Waals surface area contributed by atoms with Gasteiger partial charge in [0.1, 0.15) is 11.5 Å². The minimum atomic E-state index is 0.859. The first-order chi connectivity index (χ1) is 10.2. The molecule has 0 atom stereocenters.